The van der Waals surface area contributed by atoms with E-state index in [0.29, 0.717) is 18.0 Å². The molecule has 0 bridgehead atoms. The molecular formula is C30H45NO6. The number of nitrogens with zero attached hydrogens (tertiary/aromatic N) is 1. The smallest absolute Gasteiger partial charge is 0.309 e. The van der Waals surface area contributed by atoms with Gasteiger partial charge in [-0.15, -0.1) is 0 Å². The van der Waals surface area contributed by atoms with E-state index >= 15 is 0 Å². The number of rotatable bonds is 3. The highest BCUT2D eigenvalue weighted by Gasteiger charge is 2.50. The molecule has 1 saturated carbocycles. The third kappa shape index (κ3) is 7.06. The maximum Gasteiger partial charge on any atom is 0.309 e. The molecule has 0 radical (unpaired) electrons. The summed E-state index contributed by atoms with van der Waals surface area (Å²) in [6, 6.07) is 3.63. The summed E-state index contributed by atoms with van der Waals surface area (Å²) in [5.41, 5.74) is 1.26. The van der Waals surface area contributed by atoms with Crippen LogP contribution in [0, 0.1) is 28.6 Å². The quantitative estimate of drug-likeness (QED) is 0.509. The van der Waals surface area contributed by atoms with Crippen molar-refractivity contribution in [2.24, 2.45) is 28.6 Å². The molecule has 7 heteroatoms. The van der Waals surface area contributed by atoms with Gasteiger partial charge in [-0.2, -0.15) is 0 Å². The fourth-order valence-corrected chi connectivity index (χ4v) is 5.72. The fraction of sp³-hybridized carbons (Fsp3) is 0.700. The average molecular weight is 516 g/mol. The van der Waals surface area contributed by atoms with Crippen LogP contribution in [-0.2, 0) is 20.9 Å². The molecule has 0 aromatic carbocycles. The normalized spacial score (nSPS) is 36.0. The minimum Gasteiger partial charge on any atom is -0.458 e. The maximum atomic E-state index is 13.3. The fourth-order valence-electron chi connectivity index (χ4n) is 5.72. The molecular weight excluding hydrogens is 470 g/mol. The summed E-state index contributed by atoms with van der Waals surface area (Å²) in [6.07, 6.45) is 5.29. The van der Waals surface area contributed by atoms with E-state index in [1.807, 2.05) is 32.1 Å². The lowest BCUT2D eigenvalue weighted by atomic mass is 9.73. The Balaban J connectivity index is 1.86. The highest BCUT2D eigenvalue weighted by molar-refractivity contribution is 5.88. The number of aliphatic hydroxyl groups is 3. The number of hydrogen-bond acceptors (Lipinski definition) is 7. The van der Waals surface area contributed by atoms with E-state index in [9.17, 15) is 24.9 Å². The van der Waals surface area contributed by atoms with Gasteiger partial charge in [0, 0.05) is 12.1 Å². The van der Waals surface area contributed by atoms with Crippen molar-refractivity contribution < 1.29 is 29.6 Å². The van der Waals surface area contributed by atoms with Crippen molar-refractivity contribution in [3.63, 3.8) is 0 Å². The van der Waals surface area contributed by atoms with Crippen LogP contribution in [0.5, 0.6) is 0 Å². The Morgan fingerprint density at radius 2 is 1.89 bits per heavy atom. The van der Waals surface area contributed by atoms with Gasteiger partial charge in [-0.3, -0.25) is 14.6 Å². The molecule has 1 unspecified atom stereocenters. The minimum absolute atomic E-state index is 0.0341. The lowest BCUT2D eigenvalue weighted by molar-refractivity contribution is -0.154. The molecule has 37 heavy (non-hydrogen) atoms. The Bertz CT molecular complexity index is 986. The second-order valence-electron chi connectivity index (χ2n) is 12.4. The summed E-state index contributed by atoms with van der Waals surface area (Å²) in [4.78, 5) is 30.7. The molecule has 7 atom stereocenters. The van der Waals surface area contributed by atoms with Gasteiger partial charge in [0.2, 0.25) is 0 Å². The van der Waals surface area contributed by atoms with E-state index in [0.717, 1.165) is 36.8 Å². The van der Waals surface area contributed by atoms with E-state index in [2.05, 4.69) is 11.9 Å². The average Bonchev–Trinajstić information content (AvgIpc) is 3.50. The molecule has 7 nitrogen and oxygen atoms in total. The van der Waals surface area contributed by atoms with E-state index in [-0.39, 0.29) is 30.1 Å². The van der Waals surface area contributed by atoms with Crippen LogP contribution in [0.3, 0.4) is 0 Å². The Morgan fingerprint density at radius 1 is 1.19 bits per heavy atom. The molecule has 1 saturated heterocycles. The predicted octanol–water partition coefficient (Wildman–Crippen LogP) is 4.47. The lowest BCUT2D eigenvalue weighted by Crippen LogP contribution is -2.45. The maximum absolute atomic E-state index is 13.3. The zero-order valence-electron chi connectivity index (χ0n) is 23.2. The van der Waals surface area contributed by atoms with Gasteiger partial charge >= 0.3 is 5.97 Å². The molecule has 2 fully saturated rings. The van der Waals surface area contributed by atoms with Gasteiger partial charge < -0.3 is 20.1 Å². The first-order chi connectivity index (χ1) is 17.3. The molecule has 2 aliphatic rings. The van der Waals surface area contributed by atoms with Crippen LogP contribution < -0.4 is 0 Å². The molecule has 1 aromatic heterocycles. The van der Waals surface area contributed by atoms with Crippen molar-refractivity contribution in [1.29, 1.82) is 0 Å². The van der Waals surface area contributed by atoms with Crippen LogP contribution in [0.4, 0.5) is 0 Å². The van der Waals surface area contributed by atoms with Gasteiger partial charge in [0.25, 0.3) is 0 Å². The highest BCUT2D eigenvalue weighted by atomic mass is 16.5. The van der Waals surface area contributed by atoms with E-state index in [4.69, 9.17) is 4.74 Å². The molecule has 1 aliphatic carbocycles. The van der Waals surface area contributed by atoms with Crippen LogP contribution in [0.25, 0.3) is 6.08 Å². The monoisotopic (exact) mass is 515 g/mol. The van der Waals surface area contributed by atoms with Crippen molar-refractivity contribution in [3.8, 4) is 0 Å². The Labute approximate surface area is 221 Å². The van der Waals surface area contributed by atoms with Crippen molar-refractivity contribution in [2.75, 3.05) is 0 Å². The first-order valence-corrected chi connectivity index (χ1v) is 13.6. The van der Waals surface area contributed by atoms with Crippen molar-refractivity contribution >= 4 is 17.8 Å². The first-order valence-electron chi connectivity index (χ1n) is 13.6. The largest absolute Gasteiger partial charge is 0.458 e. The number of Topliss-reactive ketones (excluding diaryl/α,β-unsaturated/α-hetero) is 1. The van der Waals surface area contributed by atoms with Crippen molar-refractivity contribution in [1.82, 2.24) is 4.98 Å². The number of aromatic nitrogens is 1. The number of fused-ring (bicyclic) bond motifs is 1. The number of aliphatic hydroxyl groups excluding tert-OH is 3. The van der Waals surface area contributed by atoms with Crippen LogP contribution in [0.1, 0.15) is 91.3 Å². The molecule has 3 rings (SSSR count). The van der Waals surface area contributed by atoms with Gasteiger partial charge in [-0.05, 0) is 73.1 Å². The topological polar surface area (TPSA) is 117 Å². The summed E-state index contributed by atoms with van der Waals surface area (Å²) in [6.45, 7) is 11.1. The van der Waals surface area contributed by atoms with Gasteiger partial charge in [0.05, 0.1) is 36.3 Å². The third-order valence-electron chi connectivity index (χ3n) is 8.97. The summed E-state index contributed by atoms with van der Waals surface area (Å²) in [5.74, 6) is -1.07. The number of carbonyl (C=O) groups is 2. The number of pyridine rings is 1. The second kappa shape index (κ2) is 11.7. The van der Waals surface area contributed by atoms with Gasteiger partial charge in [-0.1, -0.05) is 47.1 Å². The van der Waals surface area contributed by atoms with Gasteiger partial charge in [0.1, 0.15) is 11.9 Å². The number of cyclic esters (lactones) is 1. The van der Waals surface area contributed by atoms with E-state index < -0.39 is 35.6 Å². The van der Waals surface area contributed by atoms with Crippen molar-refractivity contribution in [2.45, 2.75) is 105 Å². The van der Waals surface area contributed by atoms with Crippen LogP contribution in [-0.4, -0.2) is 50.4 Å². The van der Waals surface area contributed by atoms with Gasteiger partial charge in [0.15, 0.2) is 0 Å². The van der Waals surface area contributed by atoms with Crippen LogP contribution in [0.2, 0.25) is 0 Å². The van der Waals surface area contributed by atoms with Crippen LogP contribution in [0.15, 0.2) is 23.9 Å². The summed E-state index contributed by atoms with van der Waals surface area (Å²) in [7, 11) is 0. The number of ether oxygens (including phenoxy) is 1. The number of ketones is 1. The molecule has 1 aromatic rings. The summed E-state index contributed by atoms with van der Waals surface area (Å²) < 4.78 is 5.94. The molecule has 0 amide bonds. The SMILES string of the molecule is C/C(=C\c1ccc(CO)cn1)[C@@H]1C[C@@H]2C[C@@]2(C)CCC[C@H](C)C(O)[C@@H](C)C(=O)C(C)(C)[C@@H](O)CC(=O)O1. The highest BCUT2D eigenvalue weighted by Crippen LogP contribution is 2.58. The Hall–Kier alpha value is -2.09. The lowest BCUT2D eigenvalue weighted by Gasteiger charge is -2.34. The number of hydrogen-bond donors (Lipinski definition) is 3. The second-order valence-corrected chi connectivity index (χ2v) is 12.4. The van der Waals surface area contributed by atoms with Gasteiger partial charge in [-0.25, -0.2) is 0 Å². The Morgan fingerprint density at radius 3 is 2.51 bits per heavy atom. The van der Waals surface area contributed by atoms with E-state index in [1.54, 1.807) is 27.0 Å². The molecule has 206 valence electrons. The van der Waals surface area contributed by atoms with Crippen molar-refractivity contribution in [3.05, 3.63) is 35.2 Å². The third-order valence-corrected chi connectivity index (χ3v) is 8.97. The van der Waals surface area contributed by atoms with Crippen LogP contribution >= 0.6 is 0 Å². The minimum atomic E-state index is -1.23. The summed E-state index contributed by atoms with van der Waals surface area (Å²) in [5, 5.41) is 31.1. The molecule has 2 heterocycles. The zero-order valence-corrected chi connectivity index (χ0v) is 23.2. The molecule has 3 N–H and O–H groups in total. The zero-order chi connectivity index (χ0) is 27.5. The predicted molar refractivity (Wildman–Crippen MR) is 142 cm³/mol. The van der Waals surface area contributed by atoms with E-state index in [1.165, 1.54) is 0 Å². The molecule has 1 aliphatic heterocycles. The number of esters is 1. The summed E-state index contributed by atoms with van der Waals surface area (Å²) >= 11 is 0. The standard InChI is InChI=1S/C30H45NO6/c1-18-8-7-11-30(6)15-22(30)13-24(19(2)12-23-10-9-21(17-32)16-31-23)37-26(34)14-25(33)29(4,5)28(36)20(3)27(18)35/h9-10,12,16,18,20,22,24-25,27,32-33,35H,7-8,11,13-15,17H2,1-6H3/b19-12+/t18-,20+,22+,24-,25-,27?,30+/m0/s1. The Kier molecular flexibility index (Phi) is 9.36. The number of carbonyl (C=O) groups excluding carboxylic acids is 2. The first kappa shape index (κ1) is 29.5. The molecule has 0 spiro atoms.